The fourth-order valence-electron chi connectivity index (χ4n) is 2.39. The van der Waals surface area contributed by atoms with Crippen LogP contribution in [-0.4, -0.2) is 39.7 Å². The zero-order chi connectivity index (χ0) is 14.8. The third kappa shape index (κ3) is 4.69. The van der Waals surface area contributed by atoms with Gasteiger partial charge in [-0.15, -0.1) is 12.4 Å². The summed E-state index contributed by atoms with van der Waals surface area (Å²) < 4.78 is 23.3. The van der Waals surface area contributed by atoms with Crippen molar-refractivity contribution in [3.63, 3.8) is 0 Å². The summed E-state index contributed by atoms with van der Waals surface area (Å²) in [6, 6.07) is 5.08. The summed E-state index contributed by atoms with van der Waals surface area (Å²) >= 11 is 0. The van der Waals surface area contributed by atoms with Gasteiger partial charge >= 0.3 is 0 Å². The van der Waals surface area contributed by atoms with E-state index in [-0.39, 0.29) is 23.2 Å². The Morgan fingerprint density at radius 2 is 2.14 bits per heavy atom. The van der Waals surface area contributed by atoms with Gasteiger partial charge in [0.25, 0.3) is 5.91 Å². The van der Waals surface area contributed by atoms with E-state index < -0.39 is 9.84 Å². The lowest BCUT2D eigenvalue weighted by Crippen LogP contribution is -2.37. The van der Waals surface area contributed by atoms with E-state index >= 15 is 0 Å². The molecule has 1 fully saturated rings. The van der Waals surface area contributed by atoms with Crippen LogP contribution in [0.3, 0.4) is 0 Å². The highest BCUT2D eigenvalue weighted by atomic mass is 35.5. The quantitative estimate of drug-likeness (QED) is 0.871. The first kappa shape index (κ1) is 17.9. The molecule has 0 aliphatic carbocycles. The van der Waals surface area contributed by atoms with Crippen molar-refractivity contribution in [1.82, 2.24) is 10.6 Å². The summed E-state index contributed by atoms with van der Waals surface area (Å²) in [4.78, 5) is 12.3. The molecule has 1 aromatic carbocycles. The first-order valence-electron chi connectivity index (χ1n) is 6.70. The normalized spacial score (nSPS) is 18.1. The maximum atomic E-state index is 12.1. The van der Waals surface area contributed by atoms with Gasteiger partial charge in [-0.1, -0.05) is 6.07 Å². The van der Waals surface area contributed by atoms with Crippen LogP contribution in [0.2, 0.25) is 0 Å². The Hall–Kier alpha value is -1.11. The third-order valence-corrected chi connectivity index (χ3v) is 4.76. The van der Waals surface area contributed by atoms with E-state index in [1.54, 1.807) is 19.1 Å². The first-order chi connectivity index (χ1) is 9.38. The summed E-state index contributed by atoms with van der Waals surface area (Å²) in [5, 5.41) is 6.14. The van der Waals surface area contributed by atoms with Crippen molar-refractivity contribution in [2.24, 2.45) is 0 Å². The summed E-state index contributed by atoms with van der Waals surface area (Å²) in [6.45, 7) is 3.28. The number of halogens is 1. The lowest BCUT2D eigenvalue weighted by Gasteiger charge is -2.12. The Morgan fingerprint density at radius 3 is 2.71 bits per heavy atom. The van der Waals surface area contributed by atoms with E-state index in [9.17, 15) is 13.2 Å². The van der Waals surface area contributed by atoms with E-state index in [2.05, 4.69) is 10.6 Å². The molecule has 1 aromatic rings. The highest BCUT2D eigenvalue weighted by Crippen LogP contribution is 2.17. The molecule has 1 saturated heterocycles. The molecule has 5 nitrogen and oxygen atoms in total. The Morgan fingerprint density at radius 1 is 1.43 bits per heavy atom. The molecule has 0 saturated carbocycles. The number of carbonyl (C=O) groups excluding carboxylic acids is 1. The van der Waals surface area contributed by atoms with Gasteiger partial charge in [0, 0.05) is 24.4 Å². The number of sulfone groups is 1. The molecule has 1 aliphatic rings. The van der Waals surface area contributed by atoms with Crippen LogP contribution in [0.25, 0.3) is 0 Å². The Bertz CT molecular complexity index is 611. The maximum absolute atomic E-state index is 12.1. The van der Waals surface area contributed by atoms with Gasteiger partial charge in [-0.2, -0.15) is 0 Å². The fourth-order valence-corrected chi connectivity index (χ4v) is 3.38. The number of nitrogens with one attached hydrogen (secondary N) is 2. The van der Waals surface area contributed by atoms with Crippen molar-refractivity contribution >= 4 is 28.2 Å². The molecule has 1 heterocycles. The Kier molecular flexibility index (Phi) is 6.19. The summed E-state index contributed by atoms with van der Waals surface area (Å²) in [5.41, 5.74) is 1.04. The van der Waals surface area contributed by atoms with E-state index in [1.165, 1.54) is 6.07 Å². The van der Waals surface area contributed by atoms with Gasteiger partial charge in [-0.25, -0.2) is 8.42 Å². The van der Waals surface area contributed by atoms with Gasteiger partial charge in [0.05, 0.1) is 4.90 Å². The molecular weight excluding hydrogens is 312 g/mol. The van der Waals surface area contributed by atoms with E-state index in [0.717, 1.165) is 25.6 Å². The molecule has 0 bridgehead atoms. The van der Waals surface area contributed by atoms with Crippen LogP contribution in [0.5, 0.6) is 0 Å². The van der Waals surface area contributed by atoms with Crippen molar-refractivity contribution in [2.45, 2.75) is 30.7 Å². The molecule has 2 rings (SSSR count). The summed E-state index contributed by atoms with van der Waals surface area (Å²) in [5.74, 6) is -0.233. The van der Waals surface area contributed by atoms with Crippen LogP contribution in [-0.2, 0) is 9.84 Å². The molecule has 0 aromatic heterocycles. The SMILES string of the molecule is Cc1ccc(C(=O)NCC2CCCN2)cc1S(C)(=O)=O.Cl. The molecule has 1 atom stereocenters. The lowest BCUT2D eigenvalue weighted by molar-refractivity contribution is 0.0950. The minimum absolute atomic E-state index is 0. The lowest BCUT2D eigenvalue weighted by atomic mass is 10.1. The van der Waals surface area contributed by atoms with Gasteiger partial charge in [-0.3, -0.25) is 4.79 Å². The van der Waals surface area contributed by atoms with Crippen LogP contribution in [0, 0.1) is 6.92 Å². The molecule has 1 unspecified atom stereocenters. The number of carbonyl (C=O) groups is 1. The average molecular weight is 333 g/mol. The van der Waals surface area contributed by atoms with Crippen LogP contribution in [0.15, 0.2) is 23.1 Å². The first-order valence-corrected chi connectivity index (χ1v) is 8.59. The summed E-state index contributed by atoms with van der Waals surface area (Å²) in [6.07, 6.45) is 3.34. The van der Waals surface area contributed by atoms with Crippen molar-refractivity contribution in [1.29, 1.82) is 0 Å². The largest absolute Gasteiger partial charge is 0.350 e. The van der Waals surface area contributed by atoms with Crippen molar-refractivity contribution in [3.8, 4) is 0 Å². The predicted octanol–water partition coefficient (Wildman–Crippen LogP) is 1.30. The fraction of sp³-hybridized carbons (Fsp3) is 0.500. The number of rotatable bonds is 4. The van der Waals surface area contributed by atoms with Crippen molar-refractivity contribution in [3.05, 3.63) is 29.3 Å². The highest BCUT2D eigenvalue weighted by Gasteiger charge is 2.17. The third-order valence-electron chi connectivity index (χ3n) is 3.52. The van der Waals surface area contributed by atoms with Gasteiger partial charge in [0.15, 0.2) is 9.84 Å². The predicted molar refractivity (Wildman–Crippen MR) is 84.9 cm³/mol. The number of hydrogen-bond acceptors (Lipinski definition) is 4. The molecule has 118 valence electrons. The van der Waals surface area contributed by atoms with E-state index in [0.29, 0.717) is 23.7 Å². The van der Waals surface area contributed by atoms with Crippen molar-refractivity contribution in [2.75, 3.05) is 19.3 Å². The van der Waals surface area contributed by atoms with E-state index in [4.69, 9.17) is 0 Å². The topological polar surface area (TPSA) is 75.3 Å². The minimum Gasteiger partial charge on any atom is -0.350 e. The zero-order valence-corrected chi connectivity index (χ0v) is 13.8. The molecule has 1 aliphatic heterocycles. The Labute approximate surface area is 131 Å². The highest BCUT2D eigenvalue weighted by molar-refractivity contribution is 7.90. The average Bonchev–Trinajstić information content (AvgIpc) is 2.88. The van der Waals surface area contributed by atoms with E-state index in [1.807, 2.05) is 0 Å². The van der Waals surface area contributed by atoms with Crippen LogP contribution in [0.4, 0.5) is 0 Å². The summed E-state index contributed by atoms with van der Waals surface area (Å²) in [7, 11) is -3.31. The maximum Gasteiger partial charge on any atom is 0.251 e. The van der Waals surface area contributed by atoms with Crippen LogP contribution in [0.1, 0.15) is 28.8 Å². The number of amides is 1. The van der Waals surface area contributed by atoms with Gasteiger partial charge < -0.3 is 10.6 Å². The molecule has 7 heteroatoms. The van der Waals surface area contributed by atoms with Crippen LogP contribution >= 0.6 is 12.4 Å². The number of aryl methyl sites for hydroxylation is 1. The van der Waals surface area contributed by atoms with Gasteiger partial charge in [0.2, 0.25) is 0 Å². The van der Waals surface area contributed by atoms with Gasteiger partial charge in [-0.05, 0) is 44.0 Å². The number of hydrogen-bond donors (Lipinski definition) is 2. The van der Waals surface area contributed by atoms with Crippen LogP contribution < -0.4 is 10.6 Å². The second-order valence-electron chi connectivity index (χ2n) is 5.26. The second kappa shape index (κ2) is 7.24. The van der Waals surface area contributed by atoms with Crippen molar-refractivity contribution < 1.29 is 13.2 Å². The Balaban J connectivity index is 0.00000220. The minimum atomic E-state index is -3.31. The number of benzene rings is 1. The molecule has 2 N–H and O–H groups in total. The molecular formula is C14H21ClN2O3S. The smallest absolute Gasteiger partial charge is 0.251 e. The zero-order valence-electron chi connectivity index (χ0n) is 12.2. The molecule has 21 heavy (non-hydrogen) atoms. The second-order valence-corrected chi connectivity index (χ2v) is 7.24. The molecule has 0 radical (unpaired) electrons. The van der Waals surface area contributed by atoms with Gasteiger partial charge in [0.1, 0.15) is 0 Å². The molecule has 1 amide bonds. The molecule has 0 spiro atoms. The standard InChI is InChI=1S/C14H20N2O3S.ClH/c1-10-5-6-11(8-13(10)20(2,18)19)14(17)16-9-12-4-3-7-15-12;/h5-6,8,12,15H,3-4,7,9H2,1-2H3,(H,16,17);1H. The monoisotopic (exact) mass is 332 g/mol.